The van der Waals surface area contributed by atoms with E-state index in [4.69, 9.17) is 10.7 Å². The molecular formula is C8H9ClN2O3S. The minimum absolute atomic E-state index is 0.163. The van der Waals surface area contributed by atoms with Crippen LogP contribution in [0.15, 0.2) is 23.4 Å². The average molecular weight is 249 g/mol. The van der Waals surface area contributed by atoms with Crippen molar-refractivity contribution in [2.24, 2.45) is 0 Å². The van der Waals surface area contributed by atoms with Crippen LogP contribution in [0.2, 0.25) is 0 Å². The molecule has 1 amide bonds. The number of carbonyl (C=O) groups is 1. The first-order valence-electron chi connectivity index (χ1n) is 4.03. The molecule has 1 aromatic rings. The van der Waals surface area contributed by atoms with Gasteiger partial charge in [0.25, 0.3) is 9.05 Å². The molecular weight excluding hydrogens is 240 g/mol. The molecule has 0 unspecified atom stereocenters. The third-order valence-electron chi connectivity index (χ3n) is 1.59. The lowest BCUT2D eigenvalue weighted by Gasteiger charge is -2.02. The summed E-state index contributed by atoms with van der Waals surface area (Å²) in [6, 6.07) is 2.83. The fourth-order valence-electron chi connectivity index (χ4n) is 0.886. The van der Waals surface area contributed by atoms with Gasteiger partial charge in [0.2, 0.25) is 5.91 Å². The van der Waals surface area contributed by atoms with Crippen LogP contribution < -0.4 is 5.32 Å². The van der Waals surface area contributed by atoms with Crippen molar-refractivity contribution in [3.05, 3.63) is 23.9 Å². The normalized spacial score (nSPS) is 11.1. The molecule has 0 aliphatic heterocycles. The molecule has 7 heteroatoms. The maximum absolute atomic E-state index is 10.8. The third-order valence-corrected chi connectivity index (χ3v) is 2.80. The van der Waals surface area contributed by atoms with Gasteiger partial charge >= 0.3 is 0 Å². The highest BCUT2D eigenvalue weighted by Crippen LogP contribution is 2.11. The van der Waals surface area contributed by atoms with Gasteiger partial charge in [-0.05, 0) is 11.6 Å². The van der Waals surface area contributed by atoms with E-state index in [1.54, 1.807) is 0 Å². The second kappa shape index (κ2) is 4.59. The summed E-state index contributed by atoms with van der Waals surface area (Å²) >= 11 is 0. The van der Waals surface area contributed by atoms with Crippen molar-refractivity contribution in [1.29, 1.82) is 0 Å². The fourth-order valence-corrected chi connectivity index (χ4v) is 1.57. The Kier molecular flexibility index (Phi) is 3.65. The number of amides is 1. The zero-order valence-electron chi connectivity index (χ0n) is 7.90. The Morgan fingerprint density at radius 1 is 1.53 bits per heavy atom. The lowest BCUT2D eigenvalue weighted by atomic mass is 10.3. The van der Waals surface area contributed by atoms with Gasteiger partial charge in [-0.15, -0.1) is 0 Å². The number of nitrogens with zero attached hydrogens (tertiary/aromatic N) is 1. The van der Waals surface area contributed by atoms with Gasteiger partial charge in [0, 0.05) is 30.3 Å². The Morgan fingerprint density at radius 2 is 2.20 bits per heavy atom. The highest BCUT2D eigenvalue weighted by Gasteiger charge is 2.10. The van der Waals surface area contributed by atoms with Crippen molar-refractivity contribution < 1.29 is 13.2 Å². The number of nitrogens with one attached hydrogen (secondary N) is 1. The summed E-state index contributed by atoms with van der Waals surface area (Å²) in [6.07, 6.45) is 1.35. The van der Waals surface area contributed by atoms with Crippen LogP contribution in [0.5, 0.6) is 0 Å². The smallest absolute Gasteiger partial charge is 0.278 e. The zero-order valence-corrected chi connectivity index (χ0v) is 9.47. The summed E-state index contributed by atoms with van der Waals surface area (Å²) in [4.78, 5) is 14.3. The van der Waals surface area contributed by atoms with Crippen LogP contribution in [0.4, 0.5) is 0 Å². The Labute approximate surface area is 91.9 Å². The first-order valence-corrected chi connectivity index (χ1v) is 6.34. The Morgan fingerprint density at radius 3 is 2.60 bits per heavy atom. The minimum Gasteiger partial charge on any atom is -0.352 e. The summed E-state index contributed by atoms with van der Waals surface area (Å²) in [6.45, 7) is 1.70. The molecule has 0 aromatic carbocycles. The molecule has 0 saturated carbocycles. The Balaban J connectivity index is 2.77. The largest absolute Gasteiger partial charge is 0.352 e. The highest BCUT2D eigenvalue weighted by atomic mass is 35.7. The SMILES string of the molecule is CC(=O)NCc1ccc(S(=O)(=O)Cl)nc1. The molecule has 0 radical (unpaired) electrons. The molecule has 0 aliphatic carbocycles. The second-order valence-electron chi connectivity index (χ2n) is 2.85. The van der Waals surface area contributed by atoms with Crippen molar-refractivity contribution in [2.45, 2.75) is 18.5 Å². The molecule has 1 N–H and O–H groups in total. The molecule has 1 heterocycles. The van der Waals surface area contributed by atoms with Gasteiger partial charge in [0.15, 0.2) is 5.03 Å². The second-order valence-corrected chi connectivity index (χ2v) is 5.37. The molecule has 1 aromatic heterocycles. The maximum atomic E-state index is 10.8. The summed E-state index contributed by atoms with van der Waals surface area (Å²) in [7, 11) is 1.30. The van der Waals surface area contributed by atoms with Crippen molar-refractivity contribution in [3.8, 4) is 0 Å². The van der Waals surface area contributed by atoms with Gasteiger partial charge in [-0.2, -0.15) is 0 Å². The van der Waals surface area contributed by atoms with Gasteiger partial charge in [-0.3, -0.25) is 4.79 Å². The summed E-state index contributed by atoms with van der Waals surface area (Å²) in [5, 5.41) is 2.36. The van der Waals surface area contributed by atoms with Crippen molar-refractivity contribution in [2.75, 3.05) is 0 Å². The number of rotatable bonds is 3. The molecule has 15 heavy (non-hydrogen) atoms. The predicted molar refractivity (Wildman–Crippen MR) is 54.8 cm³/mol. The Bertz CT molecular complexity index is 455. The van der Waals surface area contributed by atoms with E-state index in [9.17, 15) is 13.2 Å². The number of hydrogen-bond donors (Lipinski definition) is 1. The number of aromatic nitrogens is 1. The van der Waals surface area contributed by atoms with Crippen LogP contribution in [-0.4, -0.2) is 19.3 Å². The van der Waals surface area contributed by atoms with E-state index in [2.05, 4.69) is 10.3 Å². The van der Waals surface area contributed by atoms with Crippen LogP contribution in [0.1, 0.15) is 12.5 Å². The number of pyridine rings is 1. The lowest BCUT2D eigenvalue weighted by molar-refractivity contribution is -0.119. The molecule has 0 fully saturated rings. The van der Waals surface area contributed by atoms with Gasteiger partial charge < -0.3 is 5.32 Å². The van der Waals surface area contributed by atoms with Gasteiger partial charge in [-0.25, -0.2) is 13.4 Å². The molecule has 0 bridgehead atoms. The first kappa shape index (κ1) is 11.9. The van der Waals surface area contributed by atoms with E-state index in [-0.39, 0.29) is 10.9 Å². The lowest BCUT2D eigenvalue weighted by Crippen LogP contribution is -2.19. The van der Waals surface area contributed by atoms with Crippen LogP contribution in [-0.2, 0) is 20.4 Å². The average Bonchev–Trinajstić information content (AvgIpc) is 2.14. The summed E-state index contributed by atoms with van der Waals surface area (Å²) in [5.41, 5.74) is 0.703. The molecule has 0 atom stereocenters. The van der Waals surface area contributed by atoms with Crippen molar-refractivity contribution in [1.82, 2.24) is 10.3 Å². The van der Waals surface area contributed by atoms with Crippen molar-refractivity contribution >= 4 is 25.6 Å². The van der Waals surface area contributed by atoms with E-state index in [1.165, 1.54) is 25.3 Å². The molecule has 0 spiro atoms. The zero-order chi connectivity index (χ0) is 11.5. The minimum atomic E-state index is -3.78. The predicted octanol–water partition coefficient (Wildman–Crippen LogP) is 0.645. The molecule has 0 aliphatic rings. The first-order chi connectivity index (χ1) is 6.89. The fraction of sp³-hybridized carbons (Fsp3) is 0.250. The standard InChI is InChI=1S/C8H9ClN2O3S/c1-6(12)10-4-7-2-3-8(11-5-7)15(9,13)14/h2-3,5H,4H2,1H3,(H,10,12). The number of hydrogen-bond acceptors (Lipinski definition) is 4. The van der Waals surface area contributed by atoms with Crippen LogP contribution in [0.25, 0.3) is 0 Å². The summed E-state index contributed by atoms with van der Waals surface area (Å²) < 4.78 is 21.7. The van der Waals surface area contributed by atoms with E-state index in [0.717, 1.165) is 0 Å². The molecule has 5 nitrogen and oxygen atoms in total. The summed E-state index contributed by atoms with van der Waals surface area (Å²) in [5.74, 6) is -0.163. The van der Waals surface area contributed by atoms with Crippen LogP contribution in [0, 0.1) is 0 Å². The highest BCUT2D eigenvalue weighted by molar-refractivity contribution is 8.13. The number of halogens is 1. The van der Waals surface area contributed by atoms with Crippen LogP contribution >= 0.6 is 10.7 Å². The number of carbonyl (C=O) groups excluding carboxylic acids is 1. The monoisotopic (exact) mass is 248 g/mol. The van der Waals surface area contributed by atoms with Crippen molar-refractivity contribution in [3.63, 3.8) is 0 Å². The van der Waals surface area contributed by atoms with Gasteiger partial charge in [0.05, 0.1) is 0 Å². The topological polar surface area (TPSA) is 76.1 Å². The van der Waals surface area contributed by atoms with E-state index >= 15 is 0 Å². The van der Waals surface area contributed by atoms with Gasteiger partial charge in [-0.1, -0.05) is 6.07 Å². The van der Waals surface area contributed by atoms with Crippen LogP contribution in [0.3, 0.4) is 0 Å². The molecule has 1 rings (SSSR count). The molecule has 82 valence electrons. The van der Waals surface area contributed by atoms with Gasteiger partial charge in [0.1, 0.15) is 0 Å². The Hall–Kier alpha value is -1.14. The quantitative estimate of drug-likeness (QED) is 0.797. The molecule has 0 saturated heterocycles. The third kappa shape index (κ3) is 3.85. The maximum Gasteiger partial charge on any atom is 0.278 e. The van der Waals surface area contributed by atoms with E-state index in [1.807, 2.05) is 0 Å². The van der Waals surface area contributed by atoms with E-state index < -0.39 is 9.05 Å². The van der Waals surface area contributed by atoms with E-state index in [0.29, 0.717) is 12.1 Å².